The highest BCUT2D eigenvalue weighted by atomic mass is 35.5. The number of halogens is 1. The van der Waals surface area contributed by atoms with Crippen LogP contribution in [0.5, 0.6) is 0 Å². The molecule has 1 aromatic heterocycles. The van der Waals surface area contributed by atoms with E-state index >= 15 is 0 Å². The molecule has 1 atom stereocenters. The quantitative estimate of drug-likeness (QED) is 0.421. The Hall–Kier alpha value is -2.37. The fourth-order valence-electron chi connectivity index (χ4n) is 2.81. The average molecular weight is 469 g/mol. The van der Waals surface area contributed by atoms with Crippen LogP contribution in [0.1, 0.15) is 31.4 Å². The normalized spacial score (nSPS) is 18.5. The Morgan fingerprint density at radius 3 is 2.70 bits per heavy atom. The Labute approximate surface area is 186 Å². The highest BCUT2D eigenvalue weighted by molar-refractivity contribution is 8.01. The lowest BCUT2D eigenvalue weighted by atomic mass is 10.00. The number of hydrazine groups is 1. The van der Waals surface area contributed by atoms with Crippen LogP contribution in [0.25, 0.3) is 0 Å². The van der Waals surface area contributed by atoms with Crippen molar-refractivity contribution in [2.75, 3.05) is 11.1 Å². The first-order valence-corrected chi connectivity index (χ1v) is 11.3. The van der Waals surface area contributed by atoms with Crippen molar-refractivity contribution in [1.82, 2.24) is 25.9 Å². The molecule has 0 spiro atoms. The van der Waals surface area contributed by atoms with Gasteiger partial charge in [-0.05, 0) is 44.4 Å². The molecule has 0 bridgehead atoms. The smallest absolute Gasteiger partial charge is 0.329 e. The van der Waals surface area contributed by atoms with Gasteiger partial charge in [0.2, 0.25) is 11.0 Å². The van der Waals surface area contributed by atoms with Gasteiger partial charge in [-0.1, -0.05) is 47.7 Å². The third-order valence-electron chi connectivity index (χ3n) is 4.60. The molecule has 1 saturated heterocycles. The molecule has 12 heteroatoms. The lowest BCUT2D eigenvalue weighted by Gasteiger charge is -2.19. The second-order valence-corrected chi connectivity index (χ2v) is 9.62. The maximum atomic E-state index is 12.3. The third kappa shape index (κ3) is 4.68. The van der Waals surface area contributed by atoms with Gasteiger partial charge in [0.25, 0.3) is 5.91 Å². The highest BCUT2D eigenvalue weighted by Crippen LogP contribution is 2.33. The minimum absolute atomic E-state index is 0.0289. The Bertz CT molecular complexity index is 991. The first-order valence-electron chi connectivity index (χ1n) is 9.09. The standard InChI is InChI=1S/C18H21ClN6O3S2/c1-5-18(4)14(27)25(16(28)21-18)24-12(26)8-29-17-23-22-15(30-17)20-13-10(3)6-9(2)7-11(13)19/h6-7H,5,8H2,1-4H3,(H,20,22)(H,21,28)(H,24,26). The maximum absolute atomic E-state index is 12.3. The molecule has 0 saturated carbocycles. The number of imide groups is 1. The number of amides is 4. The number of benzene rings is 1. The summed E-state index contributed by atoms with van der Waals surface area (Å²) in [5.41, 5.74) is 4.13. The molecule has 4 amide bonds. The van der Waals surface area contributed by atoms with Gasteiger partial charge in [0.15, 0.2) is 4.34 Å². The van der Waals surface area contributed by atoms with Crippen molar-refractivity contribution in [3.05, 3.63) is 28.3 Å². The number of hydrogen-bond donors (Lipinski definition) is 3. The van der Waals surface area contributed by atoms with E-state index in [2.05, 4.69) is 26.3 Å². The molecule has 0 radical (unpaired) electrons. The van der Waals surface area contributed by atoms with Crippen molar-refractivity contribution < 1.29 is 14.4 Å². The average Bonchev–Trinajstić information content (AvgIpc) is 3.21. The molecule has 9 nitrogen and oxygen atoms in total. The summed E-state index contributed by atoms with van der Waals surface area (Å²) in [5.74, 6) is -1.01. The number of nitrogens with one attached hydrogen (secondary N) is 3. The van der Waals surface area contributed by atoms with E-state index in [0.717, 1.165) is 33.6 Å². The van der Waals surface area contributed by atoms with E-state index in [1.165, 1.54) is 11.3 Å². The van der Waals surface area contributed by atoms with E-state index in [1.807, 2.05) is 26.0 Å². The zero-order valence-corrected chi connectivity index (χ0v) is 19.2. The monoisotopic (exact) mass is 468 g/mol. The summed E-state index contributed by atoms with van der Waals surface area (Å²) in [7, 11) is 0. The van der Waals surface area contributed by atoms with Gasteiger partial charge in [0.05, 0.1) is 16.5 Å². The van der Waals surface area contributed by atoms with E-state index in [-0.39, 0.29) is 5.75 Å². The summed E-state index contributed by atoms with van der Waals surface area (Å²) in [6, 6.07) is 3.22. The number of aryl methyl sites for hydroxylation is 2. The SMILES string of the molecule is CCC1(C)NC(=O)N(NC(=O)CSc2nnc(Nc3c(C)cc(C)cc3Cl)s2)C1=O. The Balaban J connectivity index is 1.56. The number of hydrogen-bond acceptors (Lipinski definition) is 8. The number of anilines is 2. The number of nitrogens with zero attached hydrogens (tertiary/aromatic N) is 3. The van der Waals surface area contributed by atoms with Gasteiger partial charge in [-0.25, -0.2) is 4.79 Å². The lowest BCUT2D eigenvalue weighted by molar-refractivity contribution is -0.137. The highest BCUT2D eigenvalue weighted by Gasteiger charge is 2.47. The van der Waals surface area contributed by atoms with Crippen molar-refractivity contribution in [2.24, 2.45) is 0 Å². The van der Waals surface area contributed by atoms with Gasteiger partial charge >= 0.3 is 6.03 Å². The Morgan fingerprint density at radius 1 is 1.33 bits per heavy atom. The van der Waals surface area contributed by atoms with Gasteiger partial charge in [-0.3, -0.25) is 15.0 Å². The maximum Gasteiger partial charge on any atom is 0.344 e. The first kappa shape index (κ1) is 22.3. The van der Waals surface area contributed by atoms with Crippen LogP contribution in [0.2, 0.25) is 5.02 Å². The molecule has 1 aliphatic rings. The van der Waals surface area contributed by atoms with Crippen LogP contribution < -0.4 is 16.1 Å². The van der Waals surface area contributed by atoms with Gasteiger partial charge in [-0.15, -0.1) is 10.2 Å². The Kier molecular flexibility index (Phi) is 6.53. The molecule has 2 aromatic rings. The molecule has 3 rings (SSSR count). The lowest BCUT2D eigenvalue weighted by Crippen LogP contribution is -2.49. The Morgan fingerprint density at radius 2 is 2.07 bits per heavy atom. The zero-order valence-electron chi connectivity index (χ0n) is 16.8. The van der Waals surface area contributed by atoms with Crippen LogP contribution in [0.15, 0.2) is 16.5 Å². The fourth-order valence-corrected chi connectivity index (χ4v) is 4.73. The summed E-state index contributed by atoms with van der Waals surface area (Å²) in [4.78, 5) is 36.5. The van der Waals surface area contributed by atoms with E-state index in [4.69, 9.17) is 11.6 Å². The molecule has 1 aromatic carbocycles. The number of carbonyl (C=O) groups excluding carboxylic acids is 3. The zero-order chi connectivity index (χ0) is 22.1. The van der Waals surface area contributed by atoms with Crippen molar-refractivity contribution in [3.8, 4) is 0 Å². The molecule has 1 fully saturated rings. The van der Waals surface area contributed by atoms with Gasteiger partial charge in [0, 0.05) is 0 Å². The third-order valence-corrected chi connectivity index (χ3v) is 6.87. The summed E-state index contributed by atoms with van der Waals surface area (Å²) in [6.45, 7) is 7.31. The van der Waals surface area contributed by atoms with Crippen LogP contribution in [-0.4, -0.2) is 44.3 Å². The minimum atomic E-state index is -1.01. The summed E-state index contributed by atoms with van der Waals surface area (Å²) in [6.07, 6.45) is 0.420. The molecular formula is C18H21ClN6O3S2. The van der Waals surface area contributed by atoms with Crippen molar-refractivity contribution in [3.63, 3.8) is 0 Å². The van der Waals surface area contributed by atoms with Crippen molar-refractivity contribution in [1.29, 1.82) is 0 Å². The number of aromatic nitrogens is 2. The van der Waals surface area contributed by atoms with Crippen LogP contribution in [0.3, 0.4) is 0 Å². The van der Waals surface area contributed by atoms with E-state index in [1.54, 1.807) is 13.8 Å². The van der Waals surface area contributed by atoms with Crippen LogP contribution >= 0.6 is 34.7 Å². The molecule has 0 aliphatic carbocycles. The summed E-state index contributed by atoms with van der Waals surface area (Å²) < 4.78 is 0.559. The first-order chi connectivity index (χ1) is 14.1. The van der Waals surface area contributed by atoms with E-state index in [9.17, 15) is 14.4 Å². The molecular weight excluding hydrogens is 448 g/mol. The molecule has 30 heavy (non-hydrogen) atoms. The second-order valence-electron chi connectivity index (χ2n) is 7.02. The largest absolute Gasteiger partial charge is 0.344 e. The van der Waals surface area contributed by atoms with Crippen LogP contribution in [0, 0.1) is 13.8 Å². The molecule has 1 aliphatic heterocycles. The van der Waals surface area contributed by atoms with Crippen LogP contribution in [-0.2, 0) is 9.59 Å². The fraction of sp³-hybridized carbons (Fsp3) is 0.389. The topological polar surface area (TPSA) is 116 Å². The second kappa shape index (κ2) is 8.78. The number of rotatable bonds is 7. The van der Waals surface area contributed by atoms with Crippen molar-refractivity contribution in [2.45, 2.75) is 44.0 Å². The number of thioether (sulfide) groups is 1. The summed E-state index contributed by atoms with van der Waals surface area (Å²) in [5, 5.41) is 15.7. The number of urea groups is 1. The minimum Gasteiger partial charge on any atom is -0.329 e. The molecule has 1 unspecified atom stereocenters. The molecule has 160 valence electrons. The predicted molar refractivity (Wildman–Crippen MR) is 117 cm³/mol. The van der Waals surface area contributed by atoms with Gasteiger partial charge < -0.3 is 10.6 Å². The molecule has 3 N–H and O–H groups in total. The van der Waals surface area contributed by atoms with E-state index < -0.39 is 23.4 Å². The molecule has 2 heterocycles. The van der Waals surface area contributed by atoms with Gasteiger partial charge in [0.1, 0.15) is 5.54 Å². The van der Waals surface area contributed by atoms with E-state index in [0.29, 0.717) is 20.9 Å². The number of carbonyl (C=O) groups is 3. The van der Waals surface area contributed by atoms with Crippen molar-refractivity contribution >= 4 is 63.4 Å². The van der Waals surface area contributed by atoms with Gasteiger partial charge in [-0.2, -0.15) is 5.01 Å². The summed E-state index contributed by atoms with van der Waals surface area (Å²) >= 11 is 8.72. The van der Waals surface area contributed by atoms with Crippen LogP contribution in [0.4, 0.5) is 15.6 Å². The predicted octanol–water partition coefficient (Wildman–Crippen LogP) is 3.40.